The predicted octanol–water partition coefficient (Wildman–Crippen LogP) is 1.38. The molecule has 1 atom stereocenters. The average molecular weight is 261 g/mol. The summed E-state index contributed by atoms with van der Waals surface area (Å²) in [6, 6.07) is 9.73. The average Bonchev–Trinajstić information content (AvgIpc) is 2.43. The molecule has 0 heterocycles. The Bertz CT molecular complexity index is 437. The van der Waals surface area contributed by atoms with Crippen LogP contribution < -0.4 is 15.4 Å². The molecule has 2 N–H and O–H groups in total. The lowest BCUT2D eigenvalue weighted by Crippen LogP contribution is -2.29. The van der Waals surface area contributed by atoms with E-state index in [9.17, 15) is 4.79 Å². The summed E-state index contributed by atoms with van der Waals surface area (Å²) < 4.78 is 5.32. The first kappa shape index (κ1) is 15.0. The van der Waals surface area contributed by atoms with E-state index in [2.05, 4.69) is 24.5 Å². The molecule has 0 aliphatic heterocycles. The van der Waals surface area contributed by atoms with E-state index in [1.54, 1.807) is 0 Å². The lowest BCUT2D eigenvalue weighted by molar-refractivity contribution is -0.122. The van der Waals surface area contributed by atoms with Crippen LogP contribution in [-0.4, -0.2) is 25.6 Å². The van der Waals surface area contributed by atoms with Gasteiger partial charge in [0.25, 0.3) is 5.91 Å². The van der Waals surface area contributed by atoms with Gasteiger partial charge in [0.2, 0.25) is 0 Å². The highest BCUT2D eigenvalue weighted by atomic mass is 16.5. The third-order valence-electron chi connectivity index (χ3n) is 2.62. The summed E-state index contributed by atoms with van der Waals surface area (Å²) in [5, 5.41) is 14.0. The third kappa shape index (κ3) is 5.40. The third-order valence-corrected chi connectivity index (χ3v) is 2.62. The van der Waals surface area contributed by atoms with E-state index >= 15 is 0 Å². The molecule has 19 heavy (non-hydrogen) atoms. The van der Waals surface area contributed by atoms with Crippen LogP contribution in [-0.2, 0) is 4.79 Å². The first-order chi connectivity index (χ1) is 9.17. The molecule has 0 fully saturated rings. The Labute approximate surface area is 113 Å². The number of benzene rings is 1. The van der Waals surface area contributed by atoms with Gasteiger partial charge in [0.15, 0.2) is 6.61 Å². The van der Waals surface area contributed by atoms with Gasteiger partial charge < -0.3 is 15.4 Å². The van der Waals surface area contributed by atoms with E-state index in [1.807, 2.05) is 30.3 Å². The van der Waals surface area contributed by atoms with Crippen molar-refractivity contribution in [1.29, 1.82) is 5.26 Å². The second-order valence-corrected chi connectivity index (χ2v) is 4.07. The Hall–Kier alpha value is -2.06. The van der Waals surface area contributed by atoms with Crippen molar-refractivity contribution in [3.8, 4) is 11.8 Å². The van der Waals surface area contributed by atoms with Crippen LogP contribution in [0.4, 0.5) is 0 Å². The first-order valence-corrected chi connectivity index (χ1v) is 6.27. The number of hydrogen-bond acceptors (Lipinski definition) is 4. The minimum atomic E-state index is -0.299. The summed E-state index contributed by atoms with van der Waals surface area (Å²) in [5.74, 6) is 0.339. The summed E-state index contributed by atoms with van der Waals surface area (Å²) in [5.41, 5.74) is 1.17. The summed E-state index contributed by atoms with van der Waals surface area (Å²) in [7, 11) is 0. The summed E-state index contributed by atoms with van der Waals surface area (Å²) in [6.45, 7) is 4.99. The Morgan fingerprint density at radius 2 is 2.11 bits per heavy atom. The Balaban J connectivity index is 2.44. The highest BCUT2D eigenvalue weighted by Gasteiger charge is 2.05. The highest BCUT2D eigenvalue weighted by Crippen LogP contribution is 2.17. The van der Waals surface area contributed by atoms with Crippen LogP contribution in [0.15, 0.2) is 24.3 Å². The molecule has 0 radical (unpaired) electrons. The van der Waals surface area contributed by atoms with Gasteiger partial charge in [-0.05, 0) is 31.2 Å². The summed E-state index contributed by atoms with van der Waals surface area (Å²) in [4.78, 5) is 11.2. The van der Waals surface area contributed by atoms with Crippen molar-refractivity contribution in [2.45, 2.75) is 19.9 Å². The van der Waals surface area contributed by atoms with E-state index in [0.29, 0.717) is 5.75 Å². The molecule has 5 heteroatoms. The molecule has 0 aliphatic carbocycles. The lowest BCUT2D eigenvalue weighted by atomic mass is 10.1. The molecule has 1 unspecified atom stereocenters. The largest absolute Gasteiger partial charge is 0.484 e. The number of nitrogens with one attached hydrogen (secondary N) is 2. The van der Waals surface area contributed by atoms with E-state index < -0.39 is 0 Å². The fraction of sp³-hybridized carbons (Fsp3) is 0.429. The minimum Gasteiger partial charge on any atom is -0.484 e. The molecule has 102 valence electrons. The highest BCUT2D eigenvalue weighted by molar-refractivity contribution is 5.77. The van der Waals surface area contributed by atoms with Gasteiger partial charge in [0.1, 0.15) is 12.3 Å². The molecule has 1 amide bonds. The normalized spacial score (nSPS) is 11.4. The number of nitrogens with zero attached hydrogens (tertiary/aromatic N) is 1. The molecule has 0 bridgehead atoms. The Morgan fingerprint density at radius 1 is 1.42 bits per heavy atom. The molecule has 0 aliphatic rings. The molecular weight excluding hydrogens is 242 g/mol. The first-order valence-electron chi connectivity index (χ1n) is 6.27. The topological polar surface area (TPSA) is 74.2 Å². The van der Waals surface area contributed by atoms with E-state index in [-0.39, 0.29) is 25.1 Å². The van der Waals surface area contributed by atoms with Crippen molar-refractivity contribution in [2.24, 2.45) is 0 Å². The predicted molar refractivity (Wildman–Crippen MR) is 72.7 cm³/mol. The number of rotatable bonds is 7. The molecule has 0 saturated carbocycles. The second-order valence-electron chi connectivity index (χ2n) is 4.07. The Kier molecular flexibility index (Phi) is 6.41. The summed E-state index contributed by atoms with van der Waals surface area (Å²) in [6.07, 6.45) is 0. The molecular formula is C14H19N3O2. The molecule has 1 aromatic carbocycles. The van der Waals surface area contributed by atoms with E-state index in [1.165, 1.54) is 5.56 Å². The van der Waals surface area contributed by atoms with Gasteiger partial charge in [-0.3, -0.25) is 4.79 Å². The number of hydrogen-bond donors (Lipinski definition) is 2. The number of amides is 1. The van der Waals surface area contributed by atoms with Crippen LogP contribution in [0.3, 0.4) is 0 Å². The fourth-order valence-corrected chi connectivity index (χ4v) is 1.61. The maximum Gasteiger partial charge on any atom is 0.258 e. The van der Waals surface area contributed by atoms with Crippen molar-refractivity contribution >= 4 is 5.91 Å². The SMILES string of the molecule is CCNC(C)c1ccc(OCC(=O)NCC#N)cc1. The lowest BCUT2D eigenvalue weighted by Gasteiger charge is -2.13. The van der Waals surface area contributed by atoms with Gasteiger partial charge >= 0.3 is 0 Å². The molecule has 0 saturated heterocycles. The monoisotopic (exact) mass is 261 g/mol. The molecule has 0 spiro atoms. The van der Waals surface area contributed by atoms with E-state index in [0.717, 1.165) is 6.54 Å². The quantitative estimate of drug-likeness (QED) is 0.727. The van der Waals surface area contributed by atoms with Crippen molar-refractivity contribution in [2.75, 3.05) is 19.7 Å². The zero-order chi connectivity index (χ0) is 14.1. The number of carbonyl (C=O) groups is 1. The number of nitriles is 1. The fourth-order valence-electron chi connectivity index (χ4n) is 1.61. The van der Waals surface area contributed by atoms with Crippen LogP contribution in [0.2, 0.25) is 0 Å². The van der Waals surface area contributed by atoms with Gasteiger partial charge in [0.05, 0.1) is 6.07 Å². The standard InChI is InChI=1S/C14H19N3O2/c1-3-16-11(2)12-4-6-13(7-5-12)19-10-14(18)17-9-8-15/h4-7,11,16H,3,9-10H2,1-2H3,(H,17,18). The van der Waals surface area contributed by atoms with Gasteiger partial charge in [-0.25, -0.2) is 0 Å². The smallest absolute Gasteiger partial charge is 0.258 e. The van der Waals surface area contributed by atoms with Crippen LogP contribution in [0.25, 0.3) is 0 Å². The maximum absolute atomic E-state index is 11.2. The van der Waals surface area contributed by atoms with Crippen LogP contribution in [0, 0.1) is 11.3 Å². The molecule has 0 aromatic heterocycles. The van der Waals surface area contributed by atoms with Crippen molar-refractivity contribution in [3.05, 3.63) is 29.8 Å². The Morgan fingerprint density at radius 3 is 2.68 bits per heavy atom. The van der Waals surface area contributed by atoms with Crippen LogP contribution in [0.5, 0.6) is 5.75 Å². The van der Waals surface area contributed by atoms with Crippen molar-refractivity contribution in [1.82, 2.24) is 10.6 Å². The summed E-state index contributed by atoms with van der Waals surface area (Å²) >= 11 is 0. The van der Waals surface area contributed by atoms with Crippen molar-refractivity contribution in [3.63, 3.8) is 0 Å². The zero-order valence-electron chi connectivity index (χ0n) is 11.3. The van der Waals surface area contributed by atoms with E-state index in [4.69, 9.17) is 10.00 Å². The number of carbonyl (C=O) groups excluding carboxylic acids is 1. The zero-order valence-corrected chi connectivity index (χ0v) is 11.3. The van der Waals surface area contributed by atoms with Gasteiger partial charge in [-0.1, -0.05) is 19.1 Å². The van der Waals surface area contributed by atoms with Crippen LogP contribution >= 0.6 is 0 Å². The van der Waals surface area contributed by atoms with Gasteiger partial charge in [0, 0.05) is 6.04 Å². The second kappa shape index (κ2) is 8.11. The van der Waals surface area contributed by atoms with Crippen LogP contribution in [0.1, 0.15) is 25.5 Å². The van der Waals surface area contributed by atoms with Crippen molar-refractivity contribution < 1.29 is 9.53 Å². The minimum absolute atomic E-state index is 0.00132. The van der Waals surface area contributed by atoms with Gasteiger partial charge in [-0.15, -0.1) is 0 Å². The molecule has 1 aromatic rings. The maximum atomic E-state index is 11.2. The van der Waals surface area contributed by atoms with Gasteiger partial charge in [-0.2, -0.15) is 5.26 Å². The molecule has 1 rings (SSSR count). The number of ether oxygens (including phenoxy) is 1. The molecule has 5 nitrogen and oxygen atoms in total.